The summed E-state index contributed by atoms with van der Waals surface area (Å²) in [7, 11) is -1.23. The second-order valence-corrected chi connectivity index (χ2v) is 20.1. The Labute approximate surface area is 298 Å². The van der Waals surface area contributed by atoms with E-state index in [4.69, 9.17) is 4.98 Å². The minimum absolute atomic E-state index is 0. The Kier molecular flexibility index (Phi) is 10.7. The van der Waals surface area contributed by atoms with E-state index in [1.807, 2.05) is 54.1 Å². The van der Waals surface area contributed by atoms with Gasteiger partial charge in [-0.1, -0.05) is 106 Å². The number of hydrogen-bond donors (Lipinski definition) is 0. The Morgan fingerprint density at radius 1 is 0.702 bits per heavy atom. The maximum absolute atomic E-state index is 4.70. The van der Waals surface area contributed by atoms with Crippen LogP contribution in [-0.4, -0.2) is 18.0 Å². The van der Waals surface area contributed by atoms with E-state index in [1.54, 1.807) is 0 Å². The summed E-state index contributed by atoms with van der Waals surface area (Å²) in [6.07, 6.45) is 4.98. The van der Waals surface area contributed by atoms with Crippen LogP contribution in [0.2, 0.25) is 19.6 Å². The predicted octanol–water partition coefficient (Wildman–Crippen LogP) is 11.3. The molecule has 0 aliphatic carbocycles. The topological polar surface area (TPSA) is 25.8 Å². The van der Waals surface area contributed by atoms with Gasteiger partial charge in [0.25, 0.3) is 0 Å². The molecule has 0 spiro atoms. The van der Waals surface area contributed by atoms with Crippen molar-refractivity contribution in [2.75, 3.05) is 0 Å². The number of hydrogen-bond acceptors (Lipinski definition) is 3. The molecule has 3 aromatic heterocycles. The van der Waals surface area contributed by atoms with E-state index >= 15 is 0 Å². The molecule has 7 rings (SSSR count). The minimum Gasteiger partial charge on any atom is -0.305 e. The Bertz CT molecular complexity index is 2070. The first kappa shape index (κ1) is 34.6. The molecule has 0 fully saturated rings. The fourth-order valence-corrected chi connectivity index (χ4v) is 7.85. The molecule has 5 heteroatoms. The summed E-state index contributed by atoms with van der Waals surface area (Å²) in [5.41, 5.74) is 8.25. The summed E-state index contributed by atoms with van der Waals surface area (Å²) in [6, 6.07) is 44.9. The average molecular weight is 825 g/mol. The molecule has 0 saturated heterocycles. The standard InChI is InChI=1S/C28H24NS.C14H16NSi.Ir/c1-28(2,3)18-19-14-15-29-25(16-19)23-11-7-10-22-24-17-21(20-8-5-4-6-9-20)12-13-26(24)30-27(22)23;1-16(2,3)13-9-10-14(15-11-13)12-7-5-4-6-8-12;/h4-10,12-17H,18H2,1-3H3;4-7,9-11H,1-3H3;/q2*-1;. The summed E-state index contributed by atoms with van der Waals surface area (Å²) < 4.78 is 2.56. The molecule has 0 aliphatic rings. The third-order valence-corrected chi connectivity index (χ3v) is 11.2. The summed E-state index contributed by atoms with van der Waals surface area (Å²) in [5, 5.41) is 3.98. The van der Waals surface area contributed by atoms with Crippen LogP contribution >= 0.6 is 11.3 Å². The van der Waals surface area contributed by atoms with Crippen LogP contribution in [0.5, 0.6) is 0 Å². The molecule has 0 N–H and O–H groups in total. The largest absolute Gasteiger partial charge is 0.305 e. The van der Waals surface area contributed by atoms with Crippen LogP contribution in [-0.2, 0) is 26.5 Å². The van der Waals surface area contributed by atoms with Crippen LogP contribution < -0.4 is 5.19 Å². The van der Waals surface area contributed by atoms with Gasteiger partial charge in [-0.15, -0.1) is 59.7 Å². The molecule has 0 bridgehead atoms. The van der Waals surface area contributed by atoms with Gasteiger partial charge in [0.1, 0.15) is 0 Å². The van der Waals surface area contributed by atoms with Crippen LogP contribution in [0.1, 0.15) is 26.3 Å². The predicted molar refractivity (Wildman–Crippen MR) is 201 cm³/mol. The van der Waals surface area contributed by atoms with Gasteiger partial charge in [-0.3, -0.25) is 0 Å². The average Bonchev–Trinajstić information content (AvgIpc) is 3.43. The van der Waals surface area contributed by atoms with Crippen molar-refractivity contribution in [3.8, 4) is 33.6 Å². The SMILES string of the molecule is CC(C)(C)Cc1ccnc(-c2[c-]ccc3c2sc2ccc(-c4ccccc4)cc23)c1.C[Si](C)(C)c1ccc(-c2[c-]cccc2)nc1.[Ir]. The van der Waals surface area contributed by atoms with Crippen molar-refractivity contribution in [2.45, 2.75) is 46.8 Å². The van der Waals surface area contributed by atoms with Gasteiger partial charge in [-0.25, -0.2) is 0 Å². The van der Waals surface area contributed by atoms with E-state index in [-0.39, 0.29) is 25.5 Å². The van der Waals surface area contributed by atoms with E-state index in [9.17, 15) is 0 Å². The molecule has 239 valence electrons. The summed E-state index contributed by atoms with van der Waals surface area (Å²) in [5.74, 6) is 0. The van der Waals surface area contributed by atoms with Gasteiger partial charge in [0, 0.05) is 37.2 Å². The Morgan fingerprint density at radius 3 is 2.17 bits per heavy atom. The van der Waals surface area contributed by atoms with Crippen molar-refractivity contribution in [3.63, 3.8) is 0 Å². The molecule has 0 amide bonds. The maximum atomic E-state index is 4.70. The molecular weight excluding hydrogens is 785 g/mol. The van der Waals surface area contributed by atoms with Crippen molar-refractivity contribution in [3.05, 3.63) is 139 Å². The van der Waals surface area contributed by atoms with Gasteiger partial charge in [0.05, 0.1) is 8.07 Å². The molecule has 7 aromatic rings. The van der Waals surface area contributed by atoms with E-state index in [0.717, 1.165) is 28.9 Å². The summed E-state index contributed by atoms with van der Waals surface area (Å²) >= 11 is 1.83. The van der Waals surface area contributed by atoms with Gasteiger partial charge in [0.2, 0.25) is 0 Å². The molecule has 0 unspecified atom stereocenters. The monoisotopic (exact) mass is 825 g/mol. The molecule has 3 heterocycles. The zero-order valence-corrected chi connectivity index (χ0v) is 32.1. The zero-order valence-electron chi connectivity index (χ0n) is 27.9. The Balaban J connectivity index is 0.000000217. The Hall–Kier alpha value is -3.73. The van der Waals surface area contributed by atoms with Crippen LogP contribution in [0.3, 0.4) is 0 Å². The molecule has 47 heavy (non-hydrogen) atoms. The van der Waals surface area contributed by atoms with Gasteiger partial charge in [-0.05, 0) is 67.8 Å². The first-order valence-corrected chi connectivity index (χ1v) is 20.2. The molecule has 2 nitrogen and oxygen atoms in total. The van der Waals surface area contributed by atoms with Gasteiger partial charge in [0.15, 0.2) is 0 Å². The van der Waals surface area contributed by atoms with E-state index in [2.05, 4.69) is 136 Å². The fraction of sp³-hybridized carbons (Fsp3) is 0.190. The smallest absolute Gasteiger partial charge is 0.0795 e. The summed E-state index contributed by atoms with van der Waals surface area (Å²) in [4.78, 5) is 9.22. The van der Waals surface area contributed by atoms with Crippen molar-refractivity contribution in [1.82, 2.24) is 9.97 Å². The number of benzene rings is 4. The van der Waals surface area contributed by atoms with E-state index in [0.29, 0.717) is 0 Å². The third-order valence-electron chi connectivity index (χ3n) is 7.97. The Morgan fingerprint density at radius 2 is 1.49 bits per heavy atom. The number of nitrogens with zero attached hydrogens (tertiary/aromatic N) is 2. The molecule has 0 atom stereocenters. The van der Waals surface area contributed by atoms with Gasteiger partial charge >= 0.3 is 0 Å². The molecular formula is C42H40IrN2SSi-2. The number of rotatable bonds is 5. The molecule has 4 aromatic carbocycles. The van der Waals surface area contributed by atoms with Crippen LogP contribution in [0, 0.1) is 17.5 Å². The van der Waals surface area contributed by atoms with Crippen molar-refractivity contribution in [1.29, 1.82) is 0 Å². The minimum atomic E-state index is -1.23. The van der Waals surface area contributed by atoms with Crippen LogP contribution in [0.25, 0.3) is 53.8 Å². The first-order valence-electron chi connectivity index (χ1n) is 15.9. The number of aromatic nitrogens is 2. The van der Waals surface area contributed by atoms with Crippen molar-refractivity contribution in [2.24, 2.45) is 5.41 Å². The third kappa shape index (κ3) is 8.41. The first-order chi connectivity index (χ1) is 22.0. The van der Waals surface area contributed by atoms with E-state index in [1.165, 1.54) is 42.0 Å². The second kappa shape index (κ2) is 14.6. The van der Waals surface area contributed by atoms with E-state index < -0.39 is 8.07 Å². The maximum Gasteiger partial charge on any atom is 0.0795 e. The van der Waals surface area contributed by atoms with Crippen molar-refractivity contribution >= 4 is 44.8 Å². The van der Waals surface area contributed by atoms with Gasteiger partial charge in [-0.2, -0.15) is 11.3 Å². The normalized spacial score (nSPS) is 11.5. The fourth-order valence-electron chi connectivity index (χ4n) is 5.63. The quantitative estimate of drug-likeness (QED) is 0.128. The zero-order chi connectivity index (χ0) is 32.3. The van der Waals surface area contributed by atoms with Crippen LogP contribution in [0.15, 0.2) is 122 Å². The number of thiophene rings is 1. The van der Waals surface area contributed by atoms with Crippen LogP contribution in [0.4, 0.5) is 0 Å². The molecule has 0 saturated carbocycles. The molecule has 1 radical (unpaired) electrons. The molecule has 0 aliphatic heterocycles. The number of fused-ring (bicyclic) bond motifs is 3. The summed E-state index contributed by atoms with van der Waals surface area (Å²) in [6.45, 7) is 13.8. The number of pyridine rings is 2. The second-order valence-electron chi connectivity index (χ2n) is 14.0. The van der Waals surface area contributed by atoms with Gasteiger partial charge < -0.3 is 9.97 Å². The van der Waals surface area contributed by atoms with Crippen molar-refractivity contribution < 1.29 is 20.1 Å².